The van der Waals surface area contributed by atoms with Crippen molar-refractivity contribution in [2.24, 2.45) is 4.99 Å². The maximum absolute atomic E-state index is 11.5. The van der Waals surface area contributed by atoms with Crippen LogP contribution in [0.1, 0.15) is 26.7 Å². The Morgan fingerprint density at radius 1 is 1.50 bits per heavy atom. The van der Waals surface area contributed by atoms with Crippen LogP contribution in [-0.4, -0.2) is 50.0 Å². The van der Waals surface area contributed by atoms with Crippen molar-refractivity contribution in [2.45, 2.75) is 38.8 Å². The van der Waals surface area contributed by atoms with E-state index in [0.717, 1.165) is 6.42 Å². The minimum absolute atomic E-state index is 0. The lowest BCUT2D eigenvalue weighted by atomic mass is 10.1. The predicted octanol–water partition coefficient (Wildman–Crippen LogP) is -0.427. The zero-order valence-electron chi connectivity index (χ0n) is 12.2. The molecule has 1 saturated heterocycles. The van der Waals surface area contributed by atoms with Gasteiger partial charge in [0.05, 0.1) is 6.54 Å². The van der Waals surface area contributed by atoms with Gasteiger partial charge in [0.2, 0.25) is 11.8 Å². The maximum Gasteiger partial charge on any atom is 0.239 e. The van der Waals surface area contributed by atoms with Crippen LogP contribution >= 0.6 is 24.0 Å². The highest BCUT2D eigenvalue weighted by Gasteiger charge is 2.18. The zero-order valence-corrected chi connectivity index (χ0v) is 14.5. The van der Waals surface area contributed by atoms with Crippen molar-refractivity contribution >= 4 is 41.8 Å². The van der Waals surface area contributed by atoms with Crippen molar-refractivity contribution in [3.8, 4) is 0 Å². The number of piperidine rings is 1. The molecule has 0 spiro atoms. The van der Waals surface area contributed by atoms with Crippen LogP contribution in [-0.2, 0) is 9.59 Å². The first kappa shape index (κ1) is 18.9. The number of guanidine groups is 1. The predicted molar refractivity (Wildman–Crippen MR) is 89.2 cm³/mol. The molecule has 1 heterocycles. The van der Waals surface area contributed by atoms with Gasteiger partial charge in [-0.1, -0.05) is 0 Å². The van der Waals surface area contributed by atoms with Crippen molar-refractivity contribution in [1.82, 2.24) is 21.3 Å². The third-order valence-electron chi connectivity index (χ3n) is 2.70. The second kappa shape index (κ2) is 9.78. The lowest BCUT2D eigenvalue weighted by Gasteiger charge is -2.25. The van der Waals surface area contributed by atoms with E-state index in [0.29, 0.717) is 18.9 Å². The third kappa shape index (κ3) is 7.51. The van der Waals surface area contributed by atoms with Gasteiger partial charge in [0.1, 0.15) is 0 Å². The first-order chi connectivity index (χ1) is 9.01. The molecule has 8 heteroatoms. The molecule has 1 atom stereocenters. The normalized spacial score (nSPS) is 18.9. The van der Waals surface area contributed by atoms with Crippen molar-refractivity contribution in [3.05, 3.63) is 0 Å². The summed E-state index contributed by atoms with van der Waals surface area (Å²) in [4.78, 5) is 26.6. The molecule has 0 aromatic carbocycles. The molecule has 0 bridgehead atoms. The minimum Gasteiger partial charge on any atom is -0.354 e. The topological polar surface area (TPSA) is 94.6 Å². The lowest BCUT2D eigenvalue weighted by molar-refractivity contribution is -0.122. The Balaban J connectivity index is 0.00000361. The highest BCUT2D eigenvalue weighted by atomic mass is 127. The second-order valence-corrected chi connectivity index (χ2v) is 4.83. The van der Waals surface area contributed by atoms with Gasteiger partial charge in [-0.15, -0.1) is 24.0 Å². The molecule has 0 aliphatic carbocycles. The summed E-state index contributed by atoms with van der Waals surface area (Å²) >= 11 is 0. The first-order valence-electron chi connectivity index (χ1n) is 6.54. The van der Waals surface area contributed by atoms with E-state index in [1.807, 2.05) is 13.8 Å². The molecule has 7 nitrogen and oxygen atoms in total. The van der Waals surface area contributed by atoms with E-state index < -0.39 is 0 Å². The maximum atomic E-state index is 11.5. The Hall–Kier alpha value is -1.06. The molecule has 1 aliphatic rings. The summed E-state index contributed by atoms with van der Waals surface area (Å²) in [6, 6.07) is 0.273. The van der Waals surface area contributed by atoms with Crippen LogP contribution in [0.5, 0.6) is 0 Å². The fourth-order valence-electron chi connectivity index (χ4n) is 1.78. The molecule has 20 heavy (non-hydrogen) atoms. The van der Waals surface area contributed by atoms with Crippen molar-refractivity contribution in [3.63, 3.8) is 0 Å². The van der Waals surface area contributed by atoms with Gasteiger partial charge in [-0.3, -0.25) is 14.6 Å². The van der Waals surface area contributed by atoms with Crippen LogP contribution in [0.2, 0.25) is 0 Å². The second-order valence-electron chi connectivity index (χ2n) is 4.83. The quantitative estimate of drug-likeness (QED) is 0.294. The van der Waals surface area contributed by atoms with Gasteiger partial charge in [0.25, 0.3) is 0 Å². The number of amides is 2. The first-order valence-corrected chi connectivity index (χ1v) is 6.54. The number of hydrogen-bond acceptors (Lipinski definition) is 3. The molecule has 0 aromatic rings. The molecule has 116 valence electrons. The van der Waals surface area contributed by atoms with Crippen LogP contribution in [0.15, 0.2) is 4.99 Å². The fraction of sp³-hybridized carbons (Fsp3) is 0.750. The van der Waals surface area contributed by atoms with E-state index in [2.05, 4.69) is 26.3 Å². The molecule has 1 unspecified atom stereocenters. The fourth-order valence-corrected chi connectivity index (χ4v) is 1.78. The number of rotatable bonds is 4. The van der Waals surface area contributed by atoms with Crippen molar-refractivity contribution in [2.75, 3.05) is 20.1 Å². The number of hydrogen-bond donors (Lipinski definition) is 4. The van der Waals surface area contributed by atoms with Gasteiger partial charge in [-0.05, 0) is 20.3 Å². The lowest BCUT2D eigenvalue weighted by Crippen LogP contribution is -2.52. The van der Waals surface area contributed by atoms with E-state index in [4.69, 9.17) is 0 Å². The highest BCUT2D eigenvalue weighted by molar-refractivity contribution is 14.0. The number of nitrogens with zero attached hydrogens (tertiary/aromatic N) is 1. The van der Waals surface area contributed by atoms with Crippen LogP contribution in [0.3, 0.4) is 0 Å². The number of halogens is 1. The van der Waals surface area contributed by atoms with E-state index in [1.54, 1.807) is 7.05 Å². The average Bonchev–Trinajstić information content (AvgIpc) is 2.36. The number of carbonyl (C=O) groups excluding carboxylic acids is 2. The number of nitrogens with one attached hydrogen (secondary N) is 4. The minimum atomic E-state index is -0.0742. The zero-order chi connectivity index (χ0) is 14.3. The molecule has 4 N–H and O–H groups in total. The van der Waals surface area contributed by atoms with Gasteiger partial charge in [-0.25, -0.2) is 0 Å². The van der Waals surface area contributed by atoms with Crippen LogP contribution < -0.4 is 21.3 Å². The summed E-state index contributed by atoms with van der Waals surface area (Å²) in [6.45, 7) is 4.58. The van der Waals surface area contributed by atoms with Gasteiger partial charge in [0.15, 0.2) is 5.96 Å². The van der Waals surface area contributed by atoms with Crippen LogP contribution in [0, 0.1) is 0 Å². The van der Waals surface area contributed by atoms with E-state index in [1.165, 1.54) is 0 Å². The van der Waals surface area contributed by atoms with Crippen molar-refractivity contribution in [1.29, 1.82) is 0 Å². The van der Waals surface area contributed by atoms with E-state index in [-0.39, 0.29) is 54.4 Å². The van der Waals surface area contributed by atoms with E-state index in [9.17, 15) is 9.59 Å². The Labute approximate surface area is 136 Å². The van der Waals surface area contributed by atoms with Crippen LogP contribution in [0.4, 0.5) is 0 Å². The SMILES string of the molecule is CN=C(NCC(=O)NC(C)C)NC1CCC(=O)NC1.I. The van der Waals surface area contributed by atoms with E-state index >= 15 is 0 Å². The smallest absolute Gasteiger partial charge is 0.239 e. The van der Waals surface area contributed by atoms with Gasteiger partial charge < -0.3 is 21.3 Å². The molecular formula is C12H24IN5O2. The Bertz CT molecular complexity index is 350. The highest BCUT2D eigenvalue weighted by Crippen LogP contribution is 2.01. The third-order valence-corrected chi connectivity index (χ3v) is 2.70. The molecular weight excluding hydrogens is 373 g/mol. The molecule has 0 radical (unpaired) electrons. The summed E-state index contributed by atoms with van der Waals surface area (Å²) < 4.78 is 0. The summed E-state index contributed by atoms with van der Waals surface area (Å²) in [5.41, 5.74) is 0. The standard InChI is InChI=1S/C12H23N5O2.HI/c1-8(2)16-11(19)7-15-12(13-3)17-9-4-5-10(18)14-6-9;/h8-9H,4-7H2,1-3H3,(H,14,18)(H,16,19)(H2,13,15,17);1H. The Kier molecular flexibility index (Phi) is 9.26. The van der Waals surface area contributed by atoms with Crippen molar-refractivity contribution < 1.29 is 9.59 Å². The van der Waals surface area contributed by atoms with Crippen LogP contribution in [0.25, 0.3) is 0 Å². The molecule has 1 aliphatic heterocycles. The average molecular weight is 397 g/mol. The number of aliphatic imine (C=N–C) groups is 1. The molecule has 1 rings (SSSR count). The molecule has 0 aromatic heterocycles. The Morgan fingerprint density at radius 3 is 2.70 bits per heavy atom. The summed E-state index contributed by atoms with van der Waals surface area (Å²) in [5.74, 6) is 0.576. The number of carbonyl (C=O) groups is 2. The molecule has 0 saturated carbocycles. The van der Waals surface area contributed by atoms with Gasteiger partial charge in [-0.2, -0.15) is 0 Å². The molecule has 1 fully saturated rings. The molecule has 2 amide bonds. The Morgan fingerprint density at radius 2 is 2.20 bits per heavy atom. The summed E-state index contributed by atoms with van der Waals surface area (Å²) in [7, 11) is 1.65. The largest absolute Gasteiger partial charge is 0.354 e. The monoisotopic (exact) mass is 397 g/mol. The van der Waals surface area contributed by atoms with Gasteiger partial charge >= 0.3 is 0 Å². The summed E-state index contributed by atoms with van der Waals surface area (Å²) in [6.07, 6.45) is 1.28. The summed E-state index contributed by atoms with van der Waals surface area (Å²) in [5, 5.41) is 11.7. The van der Waals surface area contributed by atoms with Gasteiger partial charge in [0, 0.05) is 32.1 Å².